The Kier molecular flexibility index (Phi) is 12.2. The van der Waals surface area contributed by atoms with Gasteiger partial charge < -0.3 is 20.3 Å². The Hall–Kier alpha value is -2.08. The minimum Gasteiger partial charge on any atom is -0.496 e. The van der Waals surface area contributed by atoms with Gasteiger partial charge in [-0.3, -0.25) is 9.59 Å². The number of aliphatic carboxylic acids is 2. The first-order valence-corrected chi connectivity index (χ1v) is 10.2. The molecular weight excluding hydrogens is 423 g/mol. The Bertz CT molecular complexity index is 670. The van der Waals surface area contributed by atoms with E-state index in [1.54, 1.807) is 30.0 Å². The van der Waals surface area contributed by atoms with Crippen LogP contribution in [0.25, 0.3) is 0 Å². The third-order valence-electron chi connectivity index (χ3n) is 2.87. The Balaban J connectivity index is 0.000000887. The van der Waals surface area contributed by atoms with E-state index in [4.69, 9.17) is 19.7 Å². The first kappa shape index (κ1) is 25.9. The number of nitrogens with one attached hydrogen (secondary N) is 1. The zero-order valence-corrected chi connectivity index (χ0v) is 16.7. The third kappa shape index (κ3) is 11.6. The van der Waals surface area contributed by atoms with Crippen LogP contribution in [0.15, 0.2) is 18.2 Å². The van der Waals surface area contributed by atoms with Gasteiger partial charge in [-0.05, 0) is 24.6 Å². The minimum atomic E-state index is -5.08. The Morgan fingerprint density at radius 3 is 2.21 bits per heavy atom. The second-order valence-electron chi connectivity index (χ2n) is 5.03. The lowest BCUT2D eigenvalue weighted by Crippen LogP contribution is -2.25. The first-order chi connectivity index (χ1) is 13.0. The van der Waals surface area contributed by atoms with Crippen LogP contribution in [-0.4, -0.2) is 59.4 Å². The molecule has 0 saturated heterocycles. The van der Waals surface area contributed by atoms with E-state index in [1.807, 2.05) is 13.0 Å². The number of carboxylic acids is 2. The van der Waals surface area contributed by atoms with Crippen LogP contribution in [0, 0.1) is 6.92 Å². The van der Waals surface area contributed by atoms with Crippen LogP contribution in [0.2, 0.25) is 0 Å². The van der Waals surface area contributed by atoms with Crippen LogP contribution in [-0.2, 0) is 9.59 Å². The van der Waals surface area contributed by atoms with E-state index in [0.717, 1.165) is 11.3 Å². The molecule has 0 spiro atoms. The van der Waals surface area contributed by atoms with Crippen LogP contribution >= 0.6 is 21.6 Å². The summed E-state index contributed by atoms with van der Waals surface area (Å²) >= 11 is 0. The summed E-state index contributed by atoms with van der Waals surface area (Å²) in [5.74, 6) is -1.68. The van der Waals surface area contributed by atoms with Gasteiger partial charge in [-0.15, -0.1) is 0 Å². The number of hydrogen-bond donors (Lipinski definition) is 3. The average molecular weight is 443 g/mol. The summed E-state index contributed by atoms with van der Waals surface area (Å²) in [7, 11) is 4.64. The molecule has 0 aliphatic heterocycles. The lowest BCUT2D eigenvalue weighted by Gasteiger charge is -2.08. The Morgan fingerprint density at radius 2 is 1.71 bits per heavy atom. The lowest BCUT2D eigenvalue weighted by atomic mass is 10.1. The van der Waals surface area contributed by atoms with E-state index in [2.05, 4.69) is 5.32 Å². The average Bonchev–Trinajstić information content (AvgIpc) is 2.60. The number of methoxy groups -OCH3 is 1. The molecule has 0 bridgehead atoms. The number of carbonyl (C=O) groups excluding carboxylic acids is 1. The van der Waals surface area contributed by atoms with Crippen LogP contribution in [0.1, 0.15) is 22.3 Å². The molecule has 1 aromatic carbocycles. The number of amides is 1. The van der Waals surface area contributed by atoms with Crippen LogP contribution in [0.5, 0.6) is 5.75 Å². The van der Waals surface area contributed by atoms with Crippen LogP contribution < -0.4 is 10.1 Å². The highest BCUT2D eigenvalue weighted by atomic mass is 33.1. The molecule has 1 aromatic rings. The van der Waals surface area contributed by atoms with E-state index in [-0.39, 0.29) is 12.3 Å². The highest BCUT2D eigenvalue weighted by Gasteiger charge is 2.38. The van der Waals surface area contributed by atoms with E-state index < -0.39 is 18.1 Å². The monoisotopic (exact) mass is 443 g/mol. The van der Waals surface area contributed by atoms with Gasteiger partial charge in [-0.2, -0.15) is 13.2 Å². The normalized spacial score (nSPS) is 10.5. The smallest absolute Gasteiger partial charge is 0.490 e. The number of benzene rings is 1. The van der Waals surface area contributed by atoms with Crippen molar-refractivity contribution >= 4 is 39.4 Å². The maximum Gasteiger partial charge on any atom is 0.490 e. The van der Waals surface area contributed by atoms with Crippen molar-refractivity contribution in [2.24, 2.45) is 0 Å². The lowest BCUT2D eigenvalue weighted by molar-refractivity contribution is -0.192. The van der Waals surface area contributed by atoms with Gasteiger partial charge >= 0.3 is 18.1 Å². The zero-order valence-electron chi connectivity index (χ0n) is 15.0. The summed E-state index contributed by atoms with van der Waals surface area (Å²) in [6.45, 7) is 2.46. The van der Waals surface area contributed by atoms with E-state index in [9.17, 15) is 22.8 Å². The molecule has 158 valence electrons. The van der Waals surface area contributed by atoms with Crippen molar-refractivity contribution in [3.05, 3.63) is 29.3 Å². The number of ether oxygens (including phenoxy) is 1. The number of aryl methyl sites for hydroxylation is 1. The van der Waals surface area contributed by atoms with E-state index in [0.29, 0.717) is 23.6 Å². The van der Waals surface area contributed by atoms with Crippen molar-refractivity contribution in [3.63, 3.8) is 0 Å². The summed E-state index contributed by atoms with van der Waals surface area (Å²) in [5, 5.41) is 18.4. The number of halogens is 3. The maximum absolute atomic E-state index is 11.9. The van der Waals surface area contributed by atoms with Crippen molar-refractivity contribution < 1.29 is 42.5 Å². The zero-order chi connectivity index (χ0) is 21.7. The molecule has 0 heterocycles. The molecule has 1 rings (SSSR count). The number of alkyl halides is 3. The molecule has 0 saturated carbocycles. The van der Waals surface area contributed by atoms with Gasteiger partial charge in [0.1, 0.15) is 5.75 Å². The molecule has 12 heteroatoms. The second kappa shape index (κ2) is 13.2. The third-order valence-corrected chi connectivity index (χ3v) is 5.27. The van der Waals surface area contributed by atoms with Crippen molar-refractivity contribution in [2.75, 3.05) is 25.2 Å². The predicted molar refractivity (Wildman–Crippen MR) is 101 cm³/mol. The summed E-state index contributed by atoms with van der Waals surface area (Å²) < 4.78 is 36.9. The maximum atomic E-state index is 11.9. The Morgan fingerprint density at radius 1 is 1.14 bits per heavy atom. The van der Waals surface area contributed by atoms with Gasteiger partial charge in [-0.1, -0.05) is 27.7 Å². The molecule has 7 nitrogen and oxygen atoms in total. The fraction of sp³-hybridized carbons (Fsp3) is 0.438. The van der Waals surface area contributed by atoms with Gasteiger partial charge in [0.05, 0.1) is 13.5 Å². The molecule has 0 radical (unpaired) electrons. The minimum absolute atomic E-state index is 0.135. The molecule has 1 amide bonds. The fourth-order valence-corrected chi connectivity index (χ4v) is 3.40. The van der Waals surface area contributed by atoms with Crippen molar-refractivity contribution in [3.8, 4) is 5.75 Å². The number of carbonyl (C=O) groups is 3. The molecule has 0 fully saturated rings. The first-order valence-electron chi connectivity index (χ1n) is 7.68. The Labute approximate surface area is 167 Å². The van der Waals surface area contributed by atoms with Gasteiger partial charge in [0.2, 0.25) is 0 Å². The number of carboxylic acid groups (broad SMARTS) is 2. The standard InChI is InChI=1S/C14H19NO4S2.C2HF3O2/c1-10-3-4-11(9-12(10)19-2)14(18)15-6-8-21-20-7-5-13(16)17;3-2(4,5)1(6)7/h3-4,9H,5-8H2,1-2H3,(H,15,18)(H,16,17);(H,6,7). The molecule has 0 aliphatic carbocycles. The predicted octanol–water partition coefficient (Wildman–Crippen LogP) is 3.22. The van der Waals surface area contributed by atoms with Gasteiger partial charge in [0.25, 0.3) is 5.91 Å². The summed E-state index contributed by atoms with van der Waals surface area (Å²) in [6.07, 6.45) is -4.92. The summed E-state index contributed by atoms with van der Waals surface area (Å²) in [4.78, 5) is 31.2. The largest absolute Gasteiger partial charge is 0.496 e. The van der Waals surface area contributed by atoms with Gasteiger partial charge in [0.15, 0.2) is 0 Å². The fourth-order valence-electron chi connectivity index (χ4n) is 1.52. The highest BCUT2D eigenvalue weighted by Crippen LogP contribution is 2.21. The highest BCUT2D eigenvalue weighted by molar-refractivity contribution is 8.76. The van der Waals surface area contributed by atoms with Gasteiger partial charge in [-0.25, -0.2) is 4.79 Å². The van der Waals surface area contributed by atoms with Crippen LogP contribution in [0.3, 0.4) is 0 Å². The molecule has 0 atom stereocenters. The van der Waals surface area contributed by atoms with E-state index >= 15 is 0 Å². The molecule has 3 N–H and O–H groups in total. The van der Waals surface area contributed by atoms with Crippen molar-refractivity contribution in [1.82, 2.24) is 5.32 Å². The molecular formula is C16H20F3NO6S2. The molecule has 0 aliphatic rings. The van der Waals surface area contributed by atoms with Crippen molar-refractivity contribution in [2.45, 2.75) is 19.5 Å². The molecule has 28 heavy (non-hydrogen) atoms. The SMILES string of the molecule is COc1cc(C(=O)NCCSSCCC(=O)O)ccc1C.O=C(O)C(F)(F)F. The summed E-state index contributed by atoms with van der Waals surface area (Å²) in [6, 6.07) is 5.34. The van der Waals surface area contributed by atoms with Gasteiger partial charge in [0, 0.05) is 23.6 Å². The number of hydrogen-bond acceptors (Lipinski definition) is 6. The topological polar surface area (TPSA) is 113 Å². The van der Waals surface area contributed by atoms with Crippen molar-refractivity contribution in [1.29, 1.82) is 0 Å². The number of rotatable bonds is 9. The van der Waals surface area contributed by atoms with E-state index in [1.165, 1.54) is 10.8 Å². The second-order valence-corrected chi connectivity index (χ2v) is 7.73. The molecule has 0 aromatic heterocycles. The van der Waals surface area contributed by atoms with Crippen LogP contribution in [0.4, 0.5) is 13.2 Å². The summed E-state index contributed by atoms with van der Waals surface area (Å²) in [5.41, 5.74) is 1.56. The quantitative estimate of drug-likeness (QED) is 0.394. The molecule has 0 unspecified atom stereocenters.